The van der Waals surface area contributed by atoms with Gasteiger partial charge in [-0.2, -0.15) is 0 Å². The van der Waals surface area contributed by atoms with Crippen LogP contribution in [0.15, 0.2) is 12.7 Å². The van der Waals surface area contributed by atoms with Gasteiger partial charge in [0, 0.05) is 31.2 Å². The van der Waals surface area contributed by atoms with Crippen LogP contribution in [-0.2, 0) is 0 Å². The minimum absolute atomic E-state index is 0.355. The highest BCUT2D eigenvalue weighted by atomic mass is 15.2. The molecule has 1 rings (SSSR count). The summed E-state index contributed by atoms with van der Waals surface area (Å²) >= 11 is 0. The molecule has 0 bridgehead atoms. The molecule has 0 spiro atoms. The van der Waals surface area contributed by atoms with Gasteiger partial charge in [0.15, 0.2) is 0 Å². The zero-order valence-electron chi connectivity index (χ0n) is 10.6. The van der Waals surface area contributed by atoms with Crippen molar-refractivity contribution in [3.8, 4) is 0 Å². The summed E-state index contributed by atoms with van der Waals surface area (Å²) in [6, 6.07) is 0.663. The third-order valence-corrected chi connectivity index (χ3v) is 3.88. The number of rotatable bonds is 5. The summed E-state index contributed by atoms with van der Waals surface area (Å²) in [7, 11) is 0. The molecule has 1 N–H and O–H groups in total. The Morgan fingerprint density at radius 2 is 2.13 bits per heavy atom. The zero-order chi connectivity index (χ0) is 11.3. The molecule has 2 heteroatoms. The molecule has 88 valence electrons. The summed E-state index contributed by atoms with van der Waals surface area (Å²) in [6.07, 6.45) is 5.57. The summed E-state index contributed by atoms with van der Waals surface area (Å²) in [5, 5.41) is 3.72. The van der Waals surface area contributed by atoms with Crippen LogP contribution in [0, 0.1) is 0 Å². The highest BCUT2D eigenvalue weighted by molar-refractivity contribution is 4.95. The van der Waals surface area contributed by atoms with E-state index >= 15 is 0 Å². The Labute approximate surface area is 94.7 Å². The van der Waals surface area contributed by atoms with E-state index in [1.54, 1.807) is 0 Å². The molecular weight excluding hydrogens is 184 g/mol. The van der Waals surface area contributed by atoms with E-state index in [1.807, 2.05) is 6.08 Å². The maximum absolute atomic E-state index is 3.80. The molecule has 0 aromatic rings. The van der Waals surface area contributed by atoms with Crippen molar-refractivity contribution >= 4 is 0 Å². The van der Waals surface area contributed by atoms with Crippen molar-refractivity contribution in [2.45, 2.75) is 51.6 Å². The van der Waals surface area contributed by atoms with Crippen LogP contribution < -0.4 is 5.32 Å². The summed E-state index contributed by atoms with van der Waals surface area (Å²) in [4.78, 5) is 2.60. The predicted molar refractivity (Wildman–Crippen MR) is 67.2 cm³/mol. The van der Waals surface area contributed by atoms with E-state index < -0.39 is 0 Å². The van der Waals surface area contributed by atoms with Crippen LogP contribution in [0.1, 0.15) is 40.0 Å². The van der Waals surface area contributed by atoms with E-state index in [0.717, 1.165) is 19.5 Å². The van der Waals surface area contributed by atoms with Crippen LogP contribution in [0.4, 0.5) is 0 Å². The van der Waals surface area contributed by atoms with E-state index in [-0.39, 0.29) is 0 Å². The second-order valence-electron chi connectivity index (χ2n) is 4.77. The molecular formula is C13H26N2. The first-order chi connectivity index (χ1) is 7.17. The monoisotopic (exact) mass is 210 g/mol. The molecule has 0 amide bonds. The molecule has 1 fully saturated rings. The van der Waals surface area contributed by atoms with Gasteiger partial charge in [0.1, 0.15) is 0 Å². The van der Waals surface area contributed by atoms with Crippen molar-refractivity contribution in [3.05, 3.63) is 12.7 Å². The highest BCUT2D eigenvalue weighted by Gasteiger charge is 2.34. The van der Waals surface area contributed by atoms with Crippen LogP contribution >= 0.6 is 0 Å². The summed E-state index contributed by atoms with van der Waals surface area (Å²) < 4.78 is 0. The Kier molecular flexibility index (Phi) is 4.81. The first kappa shape index (κ1) is 12.7. The van der Waals surface area contributed by atoms with Gasteiger partial charge >= 0.3 is 0 Å². The maximum Gasteiger partial charge on any atom is 0.0304 e. The fourth-order valence-electron chi connectivity index (χ4n) is 2.37. The van der Waals surface area contributed by atoms with Gasteiger partial charge < -0.3 is 5.32 Å². The van der Waals surface area contributed by atoms with E-state index in [9.17, 15) is 0 Å². The third-order valence-electron chi connectivity index (χ3n) is 3.88. The molecule has 1 unspecified atom stereocenters. The predicted octanol–water partition coefficient (Wildman–Crippen LogP) is 2.42. The average Bonchev–Trinajstić information content (AvgIpc) is 2.29. The molecule has 0 aliphatic carbocycles. The van der Waals surface area contributed by atoms with Crippen molar-refractivity contribution in [3.63, 3.8) is 0 Å². The van der Waals surface area contributed by atoms with Gasteiger partial charge in [-0.25, -0.2) is 0 Å². The fraction of sp³-hybridized carbons (Fsp3) is 0.846. The third kappa shape index (κ3) is 3.05. The Balaban J connectivity index is 2.57. The smallest absolute Gasteiger partial charge is 0.0304 e. The van der Waals surface area contributed by atoms with Crippen LogP contribution in [0.2, 0.25) is 0 Å². The van der Waals surface area contributed by atoms with Gasteiger partial charge in [0.05, 0.1) is 0 Å². The molecule has 1 saturated heterocycles. The number of nitrogens with one attached hydrogen (secondary N) is 1. The minimum atomic E-state index is 0.355. The SMILES string of the molecule is C=CCCN1CC(CC)(CC)NCC1C. The minimum Gasteiger partial charge on any atom is -0.308 e. The van der Waals surface area contributed by atoms with Crippen molar-refractivity contribution in [1.82, 2.24) is 10.2 Å². The van der Waals surface area contributed by atoms with Crippen LogP contribution in [0.3, 0.4) is 0 Å². The van der Waals surface area contributed by atoms with Gasteiger partial charge in [-0.05, 0) is 26.2 Å². The van der Waals surface area contributed by atoms with Gasteiger partial charge in [0.2, 0.25) is 0 Å². The van der Waals surface area contributed by atoms with Crippen molar-refractivity contribution < 1.29 is 0 Å². The molecule has 1 atom stereocenters. The number of hydrogen-bond donors (Lipinski definition) is 1. The number of nitrogens with zero attached hydrogens (tertiary/aromatic N) is 1. The van der Waals surface area contributed by atoms with E-state index in [1.165, 1.54) is 19.4 Å². The van der Waals surface area contributed by atoms with Gasteiger partial charge in [-0.15, -0.1) is 6.58 Å². The largest absolute Gasteiger partial charge is 0.308 e. The molecule has 15 heavy (non-hydrogen) atoms. The Bertz CT molecular complexity index is 197. The lowest BCUT2D eigenvalue weighted by molar-refractivity contribution is 0.0825. The first-order valence-electron chi connectivity index (χ1n) is 6.27. The van der Waals surface area contributed by atoms with Crippen molar-refractivity contribution in [2.24, 2.45) is 0 Å². The van der Waals surface area contributed by atoms with Gasteiger partial charge in [-0.3, -0.25) is 4.90 Å². The molecule has 0 radical (unpaired) electrons. The maximum atomic E-state index is 3.80. The molecule has 0 aromatic heterocycles. The Morgan fingerprint density at radius 3 is 2.67 bits per heavy atom. The Morgan fingerprint density at radius 1 is 1.47 bits per heavy atom. The summed E-state index contributed by atoms with van der Waals surface area (Å²) in [5.41, 5.74) is 0.355. The second kappa shape index (κ2) is 5.66. The molecule has 1 aliphatic heterocycles. The number of piperazine rings is 1. The van der Waals surface area contributed by atoms with Crippen molar-refractivity contribution in [1.29, 1.82) is 0 Å². The average molecular weight is 210 g/mol. The lowest BCUT2D eigenvalue weighted by Crippen LogP contribution is -2.63. The topological polar surface area (TPSA) is 15.3 Å². The second-order valence-corrected chi connectivity index (χ2v) is 4.77. The molecule has 0 saturated carbocycles. The zero-order valence-corrected chi connectivity index (χ0v) is 10.6. The van der Waals surface area contributed by atoms with Crippen LogP contribution in [0.5, 0.6) is 0 Å². The fourth-order valence-corrected chi connectivity index (χ4v) is 2.37. The lowest BCUT2D eigenvalue weighted by Gasteiger charge is -2.46. The van der Waals surface area contributed by atoms with E-state index in [4.69, 9.17) is 0 Å². The molecule has 0 aromatic carbocycles. The van der Waals surface area contributed by atoms with E-state index in [0.29, 0.717) is 11.6 Å². The normalized spacial score (nSPS) is 26.5. The van der Waals surface area contributed by atoms with Crippen LogP contribution in [-0.4, -0.2) is 36.1 Å². The molecule has 1 aliphatic rings. The highest BCUT2D eigenvalue weighted by Crippen LogP contribution is 2.22. The number of hydrogen-bond acceptors (Lipinski definition) is 2. The quantitative estimate of drug-likeness (QED) is 0.701. The lowest BCUT2D eigenvalue weighted by atomic mass is 9.88. The summed E-state index contributed by atoms with van der Waals surface area (Å²) in [6.45, 7) is 14.2. The first-order valence-corrected chi connectivity index (χ1v) is 6.27. The van der Waals surface area contributed by atoms with Crippen molar-refractivity contribution in [2.75, 3.05) is 19.6 Å². The van der Waals surface area contributed by atoms with Gasteiger partial charge in [-0.1, -0.05) is 19.9 Å². The summed E-state index contributed by atoms with van der Waals surface area (Å²) in [5.74, 6) is 0. The Hall–Kier alpha value is -0.340. The molecule has 2 nitrogen and oxygen atoms in total. The van der Waals surface area contributed by atoms with Gasteiger partial charge in [0.25, 0.3) is 0 Å². The van der Waals surface area contributed by atoms with E-state index in [2.05, 4.69) is 37.6 Å². The van der Waals surface area contributed by atoms with Crippen LogP contribution in [0.25, 0.3) is 0 Å². The standard InChI is InChI=1S/C13H26N2/c1-5-8-9-15-11-13(6-2,7-3)14-10-12(15)4/h5,12,14H,1,6-11H2,2-4H3. The molecule has 1 heterocycles.